The van der Waals surface area contributed by atoms with Gasteiger partial charge in [0.15, 0.2) is 0 Å². The van der Waals surface area contributed by atoms with E-state index >= 15 is 0 Å². The Hall–Kier alpha value is -3.02. The monoisotopic (exact) mass is 404 g/mol. The first-order chi connectivity index (χ1) is 14.3. The number of pyridine rings is 1. The molecule has 4 rings (SSSR count). The Bertz CT molecular complexity index is 1120. The Morgan fingerprint density at radius 1 is 1.10 bits per heavy atom. The SMILES string of the molecule is CC(C)(C)c1cc(=O)n(CC2CCN(C(=O)c3ccc4ncccc4c3)CC2)cn1. The molecule has 6 heteroatoms. The van der Waals surface area contributed by atoms with Crippen LogP contribution in [0.15, 0.2) is 53.7 Å². The largest absolute Gasteiger partial charge is 0.339 e. The molecule has 0 N–H and O–H groups in total. The molecule has 0 spiro atoms. The Balaban J connectivity index is 1.39. The van der Waals surface area contributed by atoms with Crippen molar-refractivity contribution in [1.29, 1.82) is 0 Å². The molecule has 0 aliphatic carbocycles. The molecule has 1 saturated heterocycles. The standard InChI is InChI=1S/C24H28N4O2/c1-24(2,3)21-14-22(29)28(16-26-21)15-17-8-11-27(12-9-17)23(30)19-6-7-20-18(13-19)5-4-10-25-20/h4-7,10,13-14,16-17H,8-9,11-12,15H2,1-3H3. The number of carbonyl (C=O) groups excluding carboxylic acids is 1. The van der Waals surface area contributed by atoms with E-state index in [0.717, 1.165) is 29.4 Å². The number of nitrogens with zero attached hydrogens (tertiary/aromatic N) is 4. The van der Waals surface area contributed by atoms with Crippen molar-refractivity contribution in [3.8, 4) is 0 Å². The lowest BCUT2D eigenvalue weighted by Gasteiger charge is -2.32. The van der Waals surface area contributed by atoms with Gasteiger partial charge in [0.05, 0.1) is 17.5 Å². The minimum atomic E-state index is -0.136. The van der Waals surface area contributed by atoms with Gasteiger partial charge in [0.1, 0.15) is 0 Å². The van der Waals surface area contributed by atoms with E-state index in [-0.39, 0.29) is 16.9 Å². The Morgan fingerprint density at radius 3 is 2.57 bits per heavy atom. The predicted molar refractivity (Wildman–Crippen MR) is 118 cm³/mol. The molecular weight excluding hydrogens is 376 g/mol. The second-order valence-corrected chi connectivity index (χ2v) is 9.16. The van der Waals surface area contributed by atoms with Crippen LogP contribution in [0.5, 0.6) is 0 Å². The first-order valence-corrected chi connectivity index (χ1v) is 10.5. The molecule has 1 fully saturated rings. The second-order valence-electron chi connectivity index (χ2n) is 9.16. The number of rotatable bonds is 3. The number of piperidine rings is 1. The fourth-order valence-electron chi connectivity index (χ4n) is 3.96. The third-order valence-corrected chi connectivity index (χ3v) is 5.85. The summed E-state index contributed by atoms with van der Waals surface area (Å²) < 4.78 is 1.70. The summed E-state index contributed by atoms with van der Waals surface area (Å²) in [5, 5.41) is 0.976. The van der Waals surface area contributed by atoms with E-state index in [1.54, 1.807) is 23.2 Å². The third kappa shape index (κ3) is 4.27. The third-order valence-electron chi connectivity index (χ3n) is 5.85. The van der Waals surface area contributed by atoms with Crippen molar-refractivity contribution in [2.75, 3.05) is 13.1 Å². The van der Waals surface area contributed by atoms with Crippen molar-refractivity contribution < 1.29 is 4.79 Å². The van der Waals surface area contributed by atoms with Crippen molar-refractivity contribution in [2.24, 2.45) is 5.92 Å². The fraction of sp³-hybridized carbons (Fsp3) is 0.417. The zero-order valence-corrected chi connectivity index (χ0v) is 17.8. The molecule has 3 aromatic rings. The molecule has 2 aromatic heterocycles. The van der Waals surface area contributed by atoms with Crippen LogP contribution < -0.4 is 5.56 Å². The average Bonchev–Trinajstić information content (AvgIpc) is 2.74. The molecule has 1 aliphatic rings. The molecule has 1 aromatic carbocycles. The molecule has 3 heterocycles. The van der Waals surface area contributed by atoms with Gasteiger partial charge in [-0.25, -0.2) is 4.98 Å². The topological polar surface area (TPSA) is 68.1 Å². The Labute approximate surface area is 176 Å². The summed E-state index contributed by atoms with van der Waals surface area (Å²) in [6.07, 6.45) is 5.19. The summed E-state index contributed by atoms with van der Waals surface area (Å²) in [5.74, 6) is 0.433. The highest BCUT2D eigenvalue weighted by atomic mass is 16.2. The van der Waals surface area contributed by atoms with Crippen molar-refractivity contribution in [3.05, 3.63) is 70.5 Å². The molecule has 6 nitrogen and oxygen atoms in total. The van der Waals surface area contributed by atoms with Gasteiger partial charge in [-0.3, -0.25) is 19.1 Å². The summed E-state index contributed by atoms with van der Waals surface area (Å²) in [6.45, 7) is 8.22. The van der Waals surface area contributed by atoms with Crippen LogP contribution in [-0.2, 0) is 12.0 Å². The van der Waals surface area contributed by atoms with E-state index < -0.39 is 0 Å². The molecule has 0 saturated carbocycles. The number of carbonyl (C=O) groups is 1. The smallest absolute Gasteiger partial charge is 0.253 e. The summed E-state index contributed by atoms with van der Waals surface area (Å²) in [6, 6.07) is 11.2. The van der Waals surface area contributed by atoms with Gasteiger partial charge in [0.2, 0.25) is 0 Å². The Morgan fingerprint density at radius 2 is 1.87 bits per heavy atom. The first-order valence-electron chi connectivity index (χ1n) is 10.5. The van der Waals surface area contributed by atoms with Gasteiger partial charge in [-0.15, -0.1) is 0 Å². The van der Waals surface area contributed by atoms with Crippen molar-refractivity contribution in [3.63, 3.8) is 0 Å². The fourth-order valence-corrected chi connectivity index (χ4v) is 3.96. The van der Waals surface area contributed by atoms with Crippen LogP contribution in [0.2, 0.25) is 0 Å². The average molecular weight is 405 g/mol. The van der Waals surface area contributed by atoms with E-state index in [9.17, 15) is 9.59 Å². The van der Waals surface area contributed by atoms with Gasteiger partial charge in [0, 0.05) is 48.3 Å². The van der Waals surface area contributed by atoms with E-state index in [1.807, 2.05) is 35.2 Å². The lowest BCUT2D eigenvalue weighted by Crippen LogP contribution is -2.40. The lowest BCUT2D eigenvalue weighted by molar-refractivity contribution is 0.0682. The van der Waals surface area contributed by atoms with Gasteiger partial charge in [0.25, 0.3) is 11.5 Å². The first kappa shape index (κ1) is 20.3. The molecule has 0 radical (unpaired) electrons. The molecule has 30 heavy (non-hydrogen) atoms. The van der Waals surface area contributed by atoms with Crippen LogP contribution in [0.1, 0.15) is 49.7 Å². The maximum atomic E-state index is 12.9. The number of benzene rings is 1. The van der Waals surface area contributed by atoms with Gasteiger partial charge in [-0.2, -0.15) is 0 Å². The highest BCUT2D eigenvalue weighted by Gasteiger charge is 2.25. The predicted octanol–water partition coefficient (Wildman–Crippen LogP) is 3.64. The van der Waals surface area contributed by atoms with Crippen LogP contribution in [0.4, 0.5) is 0 Å². The molecule has 156 valence electrons. The molecule has 1 amide bonds. The van der Waals surface area contributed by atoms with E-state index in [0.29, 0.717) is 31.1 Å². The van der Waals surface area contributed by atoms with Crippen LogP contribution >= 0.6 is 0 Å². The minimum Gasteiger partial charge on any atom is -0.339 e. The summed E-state index contributed by atoms with van der Waals surface area (Å²) >= 11 is 0. The van der Waals surface area contributed by atoms with Gasteiger partial charge in [-0.1, -0.05) is 26.8 Å². The number of aromatic nitrogens is 3. The van der Waals surface area contributed by atoms with Crippen molar-refractivity contribution in [2.45, 2.75) is 45.6 Å². The maximum Gasteiger partial charge on any atom is 0.253 e. The number of hydrogen-bond donors (Lipinski definition) is 0. The molecule has 0 unspecified atom stereocenters. The highest BCUT2D eigenvalue weighted by molar-refractivity contribution is 5.97. The van der Waals surface area contributed by atoms with Crippen LogP contribution in [0, 0.1) is 5.92 Å². The molecule has 1 aliphatic heterocycles. The minimum absolute atomic E-state index is 0.00166. The number of fused-ring (bicyclic) bond motifs is 1. The van der Waals surface area contributed by atoms with Crippen LogP contribution in [0.3, 0.4) is 0 Å². The summed E-state index contributed by atoms with van der Waals surface area (Å²) in [5.41, 5.74) is 2.27. The zero-order valence-electron chi connectivity index (χ0n) is 17.8. The van der Waals surface area contributed by atoms with Crippen molar-refractivity contribution in [1.82, 2.24) is 19.4 Å². The number of amides is 1. The van der Waals surface area contributed by atoms with E-state index in [4.69, 9.17) is 0 Å². The zero-order chi connectivity index (χ0) is 21.3. The maximum absolute atomic E-state index is 12.9. The van der Waals surface area contributed by atoms with Crippen LogP contribution in [0.25, 0.3) is 10.9 Å². The lowest BCUT2D eigenvalue weighted by atomic mass is 9.92. The second kappa shape index (κ2) is 8.01. The van der Waals surface area contributed by atoms with Gasteiger partial charge < -0.3 is 4.90 Å². The highest BCUT2D eigenvalue weighted by Crippen LogP contribution is 2.22. The van der Waals surface area contributed by atoms with E-state index in [2.05, 4.69) is 30.7 Å². The molecule has 0 bridgehead atoms. The van der Waals surface area contributed by atoms with Gasteiger partial charge in [-0.05, 0) is 43.0 Å². The number of hydrogen-bond acceptors (Lipinski definition) is 4. The number of likely N-dealkylation sites (tertiary alicyclic amines) is 1. The Kier molecular flexibility index (Phi) is 5.41. The normalized spacial score (nSPS) is 15.5. The summed E-state index contributed by atoms with van der Waals surface area (Å²) in [7, 11) is 0. The van der Waals surface area contributed by atoms with E-state index in [1.165, 1.54) is 0 Å². The quantitative estimate of drug-likeness (QED) is 0.668. The molecular formula is C24H28N4O2. The van der Waals surface area contributed by atoms with Gasteiger partial charge >= 0.3 is 0 Å². The summed E-state index contributed by atoms with van der Waals surface area (Å²) in [4.78, 5) is 36.1. The van der Waals surface area contributed by atoms with Crippen LogP contribution in [-0.4, -0.2) is 38.4 Å². The molecule has 0 atom stereocenters. The van der Waals surface area contributed by atoms with Crippen molar-refractivity contribution >= 4 is 16.8 Å².